The van der Waals surface area contributed by atoms with Crippen LogP contribution in [-0.2, 0) is 19.3 Å². The van der Waals surface area contributed by atoms with Gasteiger partial charge in [0.1, 0.15) is 17.3 Å². The molecule has 0 atom stereocenters. The Hall–Kier alpha value is -4.95. The highest BCUT2D eigenvalue weighted by Gasteiger charge is 2.34. The number of piperidine rings is 1. The average Bonchev–Trinajstić information content (AvgIpc) is 3.55. The molecule has 0 bridgehead atoms. The molecule has 0 amide bonds. The number of nitriles is 1. The fourth-order valence-electron chi connectivity index (χ4n) is 6.86. The number of aliphatic hydroxyl groups excluding tert-OH is 1. The normalized spacial score (nSPS) is 14.0. The predicted molar refractivity (Wildman–Crippen MR) is 194 cm³/mol. The molecule has 4 aromatic carbocycles. The summed E-state index contributed by atoms with van der Waals surface area (Å²) >= 11 is 0. The molecule has 0 saturated carbocycles. The van der Waals surface area contributed by atoms with Crippen LogP contribution in [0, 0.1) is 25.2 Å². The molecule has 0 unspecified atom stereocenters. The highest BCUT2D eigenvalue weighted by Crippen LogP contribution is 2.39. The van der Waals surface area contributed by atoms with E-state index in [2.05, 4.69) is 16.3 Å². The number of aliphatic hydroxyl groups is 1. The summed E-state index contributed by atoms with van der Waals surface area (Å²) in [5, 5.41) is 22.0. The first kappa shape index (κ1) is 35.9. The van der Waals surface area contributed by atoms with Crippen LogP contribution in [0.5, 0.6) is 5.75 Å². The molecular formula is C41H41F3N4O3. The van der Waals surface area contributed by atoms with Crippen molar-refractivity contribution in [2.24, 2.45) is 0 Å². The van der Waals surface area contributed by atoms with E-state index in [9.17, 15) is 18.4 Å². The van der Waals surface area contributed by atoms with Gasteiger partial charge in [-0.1, -0.05) is 48.9 Å². The number of ether oxygens (including phenoxy) is 1. The van der Waals surface area contributed by atoms with Gasteiger partial charge in [-0.15, -0.1) is 0 Å². The van der Waals surface area contributed by atoms with E-state index in [1.54, 1.807) is 12.1 Å². The van der Waals surface area contributed by atoms with E-state index in [1.807, 2.05) is 56.3 Å². The van der Waals surface area contributed by atoms with Gasteiger partial charge in [0.25, 0.3) is 0 Å². The molecule has 1 fully saturated rings. The van der Waals surface area contributed by atoms with Gasteiger partial charge in [-0.25, -0.2) is 4.98 Å². The molecule has 6 rings (SSSR count). The largest absolute Gasteiger partial charge is 0.496 e. The van der Waals surface area contributed by atoms with E-state index < -0.39 is 11.7 Å². The number of benzene rings is 4. The van der Waals surface area contributed by atoms with Crippen LogP contribution in [0.4, 0.5) is 13.2 Å². The fraction of sp³-hybridized carbons (Fsp3) is 0.317. The summed E-state index contributed by atoms with van der Waals surface area (Å²) in [5.41, 5.74) is 7.30. The van der Waals surface area contributed by atoms with Crippen molar-refractivity contribution in [1.29, 1.82) is 5.26 Å². The smallest absolute Gasteiger partial charge is 0.417 e. The number of hydrogen-bond acceptors (Lipinski definition) is 7. The van der Waals surface area contributed by atoms with Gasteiger partial charge in [0.05, 0.1) is 24.8 Å². The summed E-state index contributed by atoms with van der Waals surface area (Å²) in [5.74, 6) is 0.828. The second-order valence-corrected chi connectivity index (χ2v) is 12.9. The Kier molecular flexibility index (Phi) is 10.9. The zero-order valence-corrected chi connectivity index (χ0v) is 29.0. The molecule has 2 heterocycles. The van der Waals surface area contributed by atoms with E-state index in [0.717, 1.165) is 71.3 Å². The quantitative estimate of drug-likeness (QED) is 0.105. The van der Waals surface area contributed by atoms with E-state index in [4.69, 9.17) is 19.2 Å². The van der Waals surface area contributed by atoms with Gasteiger partial charge < -0.3 is 19.6 Å². The number of aromatic nitrogens is 1. The van der Waals surface area contributed by atoms with Gasteiger partial charge in [-0.3, -0.25) is 4.90 Å². The van der Waals surface area contributed by atoms with Crippen molar-refractivity contribution < 1.29 is 27.4 Å². The van der Waals surface area contributed by atoms with Crippen molar-refractivity contribution in [3.63, 3.8) is 0 Å². The lowest BCUT2D eigenvalue weighted by Gasteiger charge is -2.27. The van der Waals surface area contributed by atoms with Crippen LogP contribution in [-0.4, -0.2) is 48.3 Å². The lowest BCUT2D eigenvalue weighted by atomic mass is 9.91. The third kappa shape index (κ3) is 7.86. The van der Waals surface area contributed by atoms with Gasteiger partial charge >= 0.3 is 6.18 Å². The Morgan fingerprint density at radius 3 is 2.37 bits per heavy atom. The molecule has 0 spiro atoms. The molecule has 1 aliphatic heterocycles. The zero-order chi connectivity index (χ0) is 36.1. The number of rotatable bonds is 11. The van der Waals surface area contributed by atoms with Gasteiger partial charge in [-0.2, -0.15) is 18.4 Å². The van der Waals surface area contributed by atoms with Crippen molar-refractivity contribution in [3.05, 3.63) is 105 Å². The number of fused-ring (bicyclic) bond motifs is 1. The number of hydrogen-bond donors (Lipinski definition) is 2. The Balaban J connectivity index is 1.33. The van der Waals surface area contributed by atoms with E-state index in [1.165, 1.54) is 25.3 Å². The van der Waals surface area contributed by atoms with Gasteiger partial charge in [0.2, 0.25) is 5.89 Å². The Labute approximate surface area is 296 Å². The van der Waals surface area contributed by atoms with Crippen LogP contribution in [0.15, 0.2) is 65.1 Å². The topological polar surface area (TPSA) is 94.5 Å². The van der Waals surface area contributed by atoms with Crippen LogP contribution >= 0.6 is 0 Å². The second-order valence-electron chi connectivity index (χ2n) is 12.9. The first-order valence-corrected chi connectivity index (χ1v) is 17.1. The van der Waals surface area contributed by atoms with Crippen LogP contribution in [0.1, 0.15) is 63.8 Å². The third-order valence-electron chi connectivity index (χ3n) is 9.56. The molecule has 0 radical (unpaired) electrons. The van der Waals surface area contributed by atoms with Gasteiger partial charge in [0, 0.05) is 30.8 Å². The highest BCUT2D eigenvalue weighted by atomic mass is 19.4. The van der Waals surface area contributed by atoms with Crippen LogP contribution in [0.2, 0.25) is 0 Å². The number of methoxy groups -OCH3 is 1. The van der Waals surface area contributed by atoms with Crippen LogP contribution < -0.4 is 10.1 Å². The van der Waals surface area contributed by atoms with Crippen molar-refractivity contribution in [3.8, 4) is 34.4 Å². The summed E-state index contributed by atoms with van der Waals surface area (Å²) < 4.78 is 55.0. The Morgan fingerprint density at radius 2 is 1.67 bits per heavy atom. The maximum absolute atomic E-state index is 14.4. The minimum Gasteiger partial charge on any atom is -0.496 e. The predicted octanol–water partition coefficient (Wildman–Crippen LogP) is 8.92. The monoisotopic (exact) mass is 694 g/mol. The second kappa shape index (κ2) is 15.5. The molecule has 264 valence electrons. The molecule has 1 saturated heterocycles. The van der Waals surface area contributed by atoms with Crippen LogP contribution in [0.3, 0.4) is 0 Å². The van der Waals surface area contributed by atoms with Gasteiger partial charge in [0.15, 0.2) is 5.58 Å². The number of nitrogens with one attached hydrogen (secondary N) is 1. The average molecular weight is 695 g/mol. The molecule has 1 aromatic heterocycles. The number of halogens is 3. The lowest BCUT2D eigenvalue weighted by molar-refractivity contribution is -0.137. The Bertz CT molecular complexity index is 2110. The number of likely N-dealkylation sites (tertiary alicyclic amines) is 1. The number of nitrogens with zero attached hydrogens (tertiary/aromatic N) is 3. The molecule has 1 aliphatic rings. The first-order chi connectivity index (χ1) is 24.6. The fourth-order valence-corrected chi connectivity index (χ4v) is 6.86. The van der Waals surface area contributed by atoms with Crippen molar-refractivity contribution >= 4 is 23.3 Å². The standard InChI is InChI=1S/C41H41F3N4O3/c1-26-29(13-14-30-22-38(50-3)32(21-36(30)41(42,43)44)25-48-16-5-4-6-17-48)9-7-10-33(26)34-11-8-12-35(27(34)2)40-47-37-20-28(24-46-15-18-49)19-31(23-45)39(37)51-40/h7-14,19-22,46,49H,4-6,15-18,24-25H2,1-3H3/b14-13+. The number of alkyl halides is 3. The molecule has 7 nitrogen and oxygen atoms in total. The summed E-state index contributed by atoms with van der Waals surface area (Å²) in [6.07, 6.45) is 1.95. The SMILES string of the molecule is COc1cc(/C=C/c2cccc(-c3cccc(-c4nc5cc(CNCCO)cc(C#N)c5o4)c3C)c2C)c(C(F)(F)F)cc1CN1CCCCC1. The number of oxazole rings is 1. The molecule has 5 aromatic rings. The molecule has 10 heteroatoms. The summed E-state index contributed by atoms with van der Waals surface area (Å²) in [4.78, 5) is 6.94. The minimum absolute atomic E-state index is 0.0107. The minimum atomic E-state index is -4.53. The zero-order valence-electron chi connectivity index (χ0n) is 29.0. The Morgan fingerprint density at radius 1 is 0.961 bits per heavy atom. The van der Waals surface area contributed by atoms with Crippen molar-refractivity contribution in [1.82, 2.24) is 15.2 Å². The van der Waals surface area contributed by atoms with E-state index >= 15 is 0 Å². The highest BCUT2D eigenvalue weighted by molar-refractivity contribution is 5.85. The maximum Gasteiger partial charge on any atom is 0.417 e. The molecule has 51 heavy (non-hydrogen) atoms. The summed E-state index contributed by atoms with van der Waals surface area (Å²) in [7, 11) is 1.50. The van der Waals surface area contributed by atoms with Crippen molar-refractivity contribution in [2.75, 3.05) is 33.4 Å². The lowest BCUT2D eigenvalue weighted by Crippen LogP contribution is -2.29. The summed E-state index contributed by atoms with van der Waals surface area (Å²) in [6, 6.07) is 20.2. The summed E-state index contributed by atoms with van der Waals surface area (Å²) in [6.45, 7) is 7.00. The van der Waals surface area contributed by atoms with E-state index in [0.29, 0.717) is 53.5 Å². The van der Waals surface area contributed by atoms with Crippen molar-refractivity contribution in [2.45, 2.75) is 52.4 Å². The molecule has 0 aliphatic carbocycles. The molecular weight excluding hydrogens is 653 g/mol. The third-order valence-corrected chi connectivity index (χ3v) is 9.56. The molecule has 2 N–H and O–H groups in total. The first-order valence-electron chi connectivity index (χ1n) is 17.1. The van der Waals surface area contributed by atoms with Crippen LogP contribution in [0.25, 0.3) is 45.8 Å². The van der Waals surface area contributed by atoms with E-state index in [-0.39, 0.29) is 12.2 Å². The maximum atomic E-state index is 14.4. The van der Waals surface area contributed by atoms with Gasteiger partial charge in [-0.05, 0) is 109 Å².